The molecule has 0 saturated heterocycles. The van der Waals surface area contributed by atoms with Crippen molar-refractivity contribution in [2.24, 2.45) is 0 Å². The number of unbranched alkanes of at least 4 members (excludes halogenated alkanes) is 1. The van der Waals surface area contributed by atoms with Crippen LogP contribution in [-0.2, 0) is 22.6 Å². The van der Waals surface area contributed by atoms with Crippen molar-refractivity contribution in [3.05, 3.63) is 101 Å². The lowest BCUT2D eigenvalue weighted by Crippen LogP contribution is -2.50. The molecule has 0 unspecified atom stereocenters. The van der Waals surface area contributed by atoms with Crippen molar-refractivity contribution in [2.75, 3.05) is 12.3 Å². The first-order chi connectivity index (χ1) is 17.1. The minimum absolute atomic E-state index is 0.0325. The molecular formula is C29H33ClN2O2S. The molecular weight excluding hydrogens is 476 g/mol. The highest BCUT2D eigenvalue weighted by molar-refractivity contribution is 7.99. The van der Waals surface area contributed by atoms with Gasteiger partial charge in [0.15, 0.2) is 0 Å². The van der Waals surface area contributed by atoms with Gasteiger partial charge < -0.3 is 10.2 Å². The topological polar surface area (TPSA) is 49.4 Å². The summed E-state index contributed by atoms with van der Waals surface area (Å²) in [5, 5.41) is 3.70. The molecule has 184 valence electrons. The molecule has 6 heteroatoms. The fourth-order valence-corrected chi connectivity index (χ4v) is 4.75. The summed E-state index contributed by atoms with van der Waals surface area (Å²) in [7, 11) is 0. The van der Waals surface area contributed by atoms with E-state index in [-0.39, 0.29) is 11.8 Å². The van der Waals surface area contributed by atoms with Gasteiger partial charge in [-0.15, -0.1) is 11.8 Å². The number of nitrogens with zero attached hydrogens (tertiary/aromatic N) is 1. The molecule has 0 spiro atoms. The Balaban J connectivity index is 1.82. The molecule has 0 bridgehead atoms. The maximum atomic E-state index is 13.6. The van der Waals surface area contributed by atoms with Crippen molar-refractivity contribution in [1.29, 1.82) is 0 Å². The quantitative estimate of drug-likeness (QED) is 0.215. The SMILES string of the molecule is CCCCNC(=O)[C@H](Cc1ccccc1)N(Cc1ccc(Cl)cc1)C(=O)CCSc1ccccc1. The number of benzene rings is 3. The number of hydrogen-bond acceptors (Lipinski definition) is 3. The van der Waals surface area contributed by atoms with Crippen molar-refractivity contribution in [2.45, 2.75) is 50.1 Å². The average Bonchev–Trinajstić information content (AvgIpc) is 2.88. The van der Waals surface area contributed by atoms with Gasteiger partial charge in [-0.1, -0.05) is 85.6 Å². The van der Waals surface area contributed by atoms with E-state index in [1.807, 2.05) is 84.9 Å². The van der Waals surface area contributed by atoms with Gasteiger partial charge in [-0.25, -0.2) is 0 Å². The summed E-state index contributed by atoms with van der Waals surface area (Å²) in [6, 6.07) is 26.8. The lowest BCUT2D eigenvalue weighted by molar-refractivity contribution is -0.141. The zero-order chi connectivity index (χ0) is 24.9. The van der Waals surface area contributed by atoms with Crippen molar-refractivity contribution in [3.63, 3.8) is 0 Å². The van der Waals surface area contributed by atoms with Crippen LogP contribution in [0.2, 0.25) is 5.02 Å². The third kappa shape index (κ3) is 9.08. The summed E-state index contributed by atoms with van der Waals surface area (Å²) < 4.78 is 0. The second-order valence-corrected chi connectivity index (χ2v) is 10.0. The standard InChI is InChI=1S/C29H33ClN2O2S/c1-2-3-19-31-29(34)27(21-23-10-6-4-7-11-23)32(22-24-14-16-25(30)17-15-24)28(33)18-20-35-26-12-8-5-9-13-26/h4-17,27H,2-3,18-22H2,1H3,(H,31,34)/t27-/m0/s1. The van der Waals surface area contributed by atoms with Crippen LogP contribution in [0, 0.1) is 0 Å². The van der Waals surface area contributed by atoms with Gasteiger partial charge >= 0.3 is 0 Å². The van der Waals surface area contributed by atoms with Gasteiger partial charge in [-0.2, -0.15) is 0 Å². The number of carbonyl (C=O) groups excluding carboxylic acids is 2. The van der Waals surface area contributed by atoms with Crippen LogP contribution in [0.15, 0.2) is 89.8 Å². The Morgan fingerprint density at radius 1 is 0.914 bits per heavy atom. The maximum absolute atomic E-state index is 13.6. The number of thioether (sulfide) groups is 1. The first-order valence-electron chi connectivity index (χ1n) is 12.1. The third-order valence-electron chi connectivity index (χ3n) is 5.69. The Morgan fingerprint density at radius 2 is 1.57 bits per heavy atom. The predicted molar refractivity (Wildman–Crippen MR) is 146 cm³/mol. The molecule has 0 fully saturated rings. The number of carbonyl (C=O) groups is 2. The van der Waals surface area contributed by atoms with Crippen LogP contribution in [-0.4, -0.2) is 35.1 Å². The highest BCUT2D eigenvalue weighted by atomic mass is 35.5. The Morgan fingerprint density at radius 3 is 2.23 bits per heavy atom. The van der Waals surface area contributed by atoms with E-state index in [1.165, 1.54) is 0 Å². The zero-order valence-electron chi connectivity index (χ0n) is 20.2. The summed E-state index contributed by atoms with van der Waals surface area (Å²) >= 11 is 7.73. The lowest BCUT2D eigenvalue weighted by atomic mass is 10.0. The van der Waals surface area contributed by atoms with E-state index < -0.39 is 6.04 Å². The molecule has 0 saturated carbocycles. The Hall–Kier alpha value is -2.76. The smallest absolute Gasteiger partial charge is 0.243 e. The summed E-state index contributed by atoms with van der Waals surface area (Å²) in [5.74, 6) is 0.505. The van der Waals surface area contributed by atoms with Crippen molar-refractivity contribution in [1.82, 2.24) is 10.2 Å². The molecule has 0 aliphatic heterocycles. The Labute approximate surface area is 218 Å². The monoisotopic (exact) mass is 508 g/mol. The van der Waals surface area contributed by atoms with Gasteiger partial charge in [0, 0.05) is 41.6 Å². The molecule has 4 nitrogen and oxygen atoms in total. The molecule has 35 heavy (non-hydrogen) atoms. The molecule has 1 N–H and O–H groups in total. The van der Waals surface area contributed by atoms with Crippen LogP contribution in [0.25, 0.3) is 0 Å². The van der Waals surface area contributed by atoms with Gasteiger partial charge in [0.25, 0.3) is 0 Å². The first kappa shape index (κ1) is 26.8. The summed E-state index contributed by atoms with van der Waals surface area (Å²) in [4.78, 5) is 29.8. The Bertz CT molecular complexity index is 1050. The molecule has 0 aliphatic rings. The molecule has 2 amide bonds. The second kappa shape index (κ2) is 14.6. The highest BCUT2D eigenvalue weighted by Gasteiger charge is 2.30. The van der Waals surface area contributed by atoms with Gasteiger partial charge in [0.2, 0.25) is 11.8 Å². The van der Waals surface area contributed by atoms with Crippen LogP contribution in [0.1, 0.15) is 37.3 Å². The fraction of sp³-hybridized carbons (Fsp3) is 0.310. The largest absolute Gasteiger partial charge is 0.354 e. The van der Waals surface area contributed by atoms with Crippen LogP contribution >= 0.6 is 23.4 Å². The van der Waals surface area contributed by atoms with Gasteiger partial charge in [0.1, 0.15) is 6.04 Å². The zero-order valence-corrected chi connectivity index (χ0v) is 21.7. The van der Waals surface area contributed by atoms with E-state index in [9.17, 15) is 9.59 Å². The minimum atomic E-state index is -0.598. The fourth-order valence-electron chi connectivity index (χ4n) is 3.76. The number of amides is 2. The molecule has 0 radical (unpaired) electrons. The lowest BCUT2D eigenvalue weighted by Gasteiger charge is -2.31. The van der Waals surface area contributed by atoms with E-state index in [1.54, 1.807) is 16.7 Å². The van der Waals surface area contributed by atoms with E-state index >= 15 is 0 Å². The van der Waals surface area contributed by atoms with Crippen LogP contribution in [0.4, 0.5) is 0 Å². The number of hydrogen-bond donors (Lipinski definition) is 1. The number of halogens is 1. The van der Waals surface area contributed by atoms with Crippen LogP contribution < -0.4 is 5.32 Å². The van der Waals surface area contributed by atoms with Gasteiger partial charge in [0.05, 0.1) is 0 Å². The predicted octanol–water partition coefficient (Wildman–Crippen LogP) is 6.38. The maximum Gasteiger partial charge on any atom is 0.243 e. The highest BCUT2D eigenvalue weighted by Crippen LogP contribution is 2.21. The van der Waals surface area contributed by atoms with Gasteiger partial charge in [-0.05, 0) is 41.8 Å². The molecule has 1 atom stereocenters. The van der Waals surface area contributed by atoms with E-state index in [4.69, 9.17) is 11.6 Å². The van der Waals surface area contributed by atoms with Crippen molar-refractivity contribution in [3.8, 4) is 0 Å². The average molecular weight is 509 g/mol. The van der Waals surface area contributed by atoms with Crippen molar-refractivity contribution >= 4 is 35.2 Å². The minimum Gasteiger partial charge on any atom is -0.354 e. The number of nitrogens with one attached hydrogen (secondary N) is 1. The van der Waals surface area contributed by atoms with Gasteiger partial charge in [-0.3, -0.25) is 9.59 Å². The first-order valence-corrected chi connectivity index (χ1v) is 13.5. The van der Waals surface area contributed by atoms with E-state index in [2.05, 4.69) is 12.2 Å². The second-order valence-electron chi connectivity index (χ2n) is 8.41. The molecule has 3 aromatic rings. The summed E-state index contributed by atoms with van der Waals surface area (Å²) in [5.41, 5.74) is 1.97. The third-order valence-corrected chi connectivity index (χ3v) is 6.96. The normalized spacial score (nSPS) is 11.6. The van der Waals surface area contributed by atoms with Crippen LogP contribution in [0.5, 0.6) is 0 Å². The van der Waals surface area contributed by atoms with Crippen LogP contribution in [0.3, 0.4) is 0 Å². The number of rotatable bonds is 13. The molecule has 0 aromatic heterocycles. The Kier molecular flexibility index (Phi) is 11.2. The molecule has 3 aromatic carbocycles. The molecule has 0 heterocycles. The molecule has 3 rings (SSSR count). The van der Waals surface area contributed by atoms with Crippen molar-refractivity contribution < 1.29 is 9.59 Å². The summed E-state index contributed by atoms with van der Waals surface area (Å²) in [6.07, 6.45) is 2.71. The van der Waals surface area contributed by atoms with E-state index in [0.717, 1.165) is 28.9 Å². The molecule has 0 aliphatic carbocycles. The van der Waals surface area contributed by atoms with E-state index in [0.29, 0.717) is 36.7 Å². The summed E-state index contributed by atoms with van der Waals surface area (Å²) in [6.45, 7) is 3.05.